The Labute approximate surface area is 154 Å². The predicted molar refractivity (Wildman–Crippen MR) is 101 cm³/mol. The molecule has 2 aromatic rings. The quantitative estimate of drug-likeness (QED) is 0.512. The summed E-state index contributed by atoms with van der Waals surface area (Å²) in [5.74, 6) is 1.73. The highest BCUT2D eigenvalue weighted by atomic mass is 32.2. The first-order valence-corrected chi connectivity index (χ1v) is 10.2. The second-order valence-electron chi connectivity index (χ2n) is 5.30. The Kier molecular flexibility index (Phi) is 7.56. The lowest BCUT2D eigenvalue weighted by Gasteiger charge is -2.19. The molecule has 0 saturated heterocycles. The summed E-state index contributed by atoms with van der Waals surface area (Å²) in [4.78, 5) is 13.9. The summed E-state index contributed by atoms with van der Waals surface area (Å²) in [5, 5.41) is 17.2. The molecule has 1 aromatic heterocycles. The number of hydrogen-bond acceptors (Lipinski definition) is 7. The zero-order valence-corrected chi connectivity index (χ0v) is 16.0. The van der Waals surface area contributed by atoms with E-state index in [2.05, 4.69) is 24.0 Å². The van der Waals surface area contributed by atoms with Crippen molar-refractivity contribution >= 4 is 46.5 Å². The lowest BCUT2D eigenvalue weighted by molar-refractivity contribution is -0.116. The van der Waals surface area contributed by atoms with Crippen LogP contribution in [0.25, 0.3) is 0 Å². The van der Waals surface area contributed by atoms with Gasteiger partial charge < -0.3 is 0 Å². The fraction of sp³-hybridized carbons (Fsp3) is 0.375. The Bertz CT molecular complexity index is 697. The van der Waals surface area contributed by atoms with Gasteiger partial charge in [-0.05, 0) is 18.1 Å². The van der Waals surface area contributed by atoms with Gasteiger partial charge in [0.2, 0.25) is 5.91 Å². The van der Waals surface area contributed by atoms with Crippen molar-refractivity contribution in [2.45, 2.75) is 22.5 Å². The molecule has 0 saturated carbocycles. The largest absolute Gasteiger partial charge is 0.298 e. The van der Waals surface area contributed by atoms with Crippen molar-refractivity contribution in [1.82, 2.24) is 10.2 Å². The summed E-state index contributed by atoms with van der Waals surface area (Å²) < 4.78 is 1.70. The van der Waals surface area contributed by atoms with Crippen LogP contribution in [0.4, 0.5) is 5.69 Å². The van der Waals surface area contributed by atoms with Crippen LogP contribution in [0, 0.1) is 17.2 Å². The average molecular weight is 379 g/mol. The predicted octanol–water partition coefficient (Wildman–Crippen LogP) is 3.94. The van der Waals surface area contributed by atoms with Gasteiger partial charge in [0.15, 0.2) is 8.68 Å². The van der Waals surface area contributed by atoms with Crippen molar-refractivity contribution in [2.75, 3.05) is 23.0 Å². The van der Waals surface area contributed by atoms with Gasteiger partial charge in [0, 0.05) is 11.4 Å². The van der Waals surface area contributed by atoms with Crippen LogP contribution in [-0.2, 0) is 4.79 Å². The van der Waals surface area contributed by atoms with E-state index in [1.807, 2.05) is 36.4 Å². The fourth-order valence-corrected chi connectivity index (χ4v) is 4.63. The van der Waals surface area contributed by atoms with Gasteiger partial charge in [0.25, 0.3) is 0 Å². The van der Waals surface area contributed by atoms with Gasteiger partial charge in [-0.25, -0.2) is 0 Å². The smallest absolute Gasteiger partial charge is 0.238 e. The number of anilines is 1. The van der Waals surface area contributed by atoms with Crippen LogP contribution in [0.2, 0.25) is 0 Å². The molecule has 0 aliphatic heterocycles. The van der Waals surface area contributed by atoms with Crippen LogP contribution >= 0.6 is 34.9 Å². The maximum absolute atomic E-state index is 12.4. The number of aromatic nitrogens is 2. The van der Waals surface area contributed by atoms with Crippen molar-refractivity contribution < 1.29 is 4.79 Å². The van der Waals surface area contributed by atoms with E-state index in [9.17, 15) is 4.79 Å². The second-order valence-corrected chi connectivity index (χ2v) is 8.77. The Morgan fingerprint density at radius 3 is 2.54 bits per heavy atom. The molecule has 126 valence electrons. The van der Waals surface area contributed by atoms with E-state index in [1.165, 1.54) is 28.0 Å². The molecular weight excluding hydrogens is 360 g/mol. The lowest BCUT2D eigenvalue weighted by Crippen LogP contribution is -2.32. The third-order valence-corrected chi connectivity index (χ3v) is 6.45. The lowest BCUT2D eigenvalue weighted by atomic mass is 10.3. The van der Waals surface area contributed by atoms with E-state index in [-0.39, 0.29) is 18.2 Å². The molecule has 2 rings (SSSR count). The molecule has 0 atom stereocenters. The monoisotopic (exact) mass is 378 g/mol. The first-order chi connectivity index (χ1) is 11.6. The highest BCUT2D eigenvalue weighted by Gasteiger charge is 2.16. The fourth-order valence-electron chi connectivity index (χ4n) is 1.76. The first kappa shape index (κ1) is 18.8. The Morgan fingerprint density at radius 2 is 1.92 bits per heavy atom. The van der Waals surface area contributed by atoms with Gasteiger partial charge in [-0.15, -0.1) is 10.2 Å². The molecular formula is C16H18N4OS3. The second kappa shape index (κ2) is 9.67. The molecule has 0 aliphatic rings. The summed E-state index contributed by atoms with van der Waals surface area (Å²) in [6.45, 7) is 4.36. The number of hydrogen-bond donors (Lipinski definition) is 0. The minimum Gasteiger partial charge on any atom is -0.298 e. The van der Waals surface area contributed by atoms with E-state index in [0.29, 0.717) is 5.92 Å². The molecule has 0 radical (unpaired) electrons. The Balaban J connectivity index is 1.92. The first-order valence-electron chi connectivity index (χ1n) is 7.41. The van der Waals surface area contributed by atoms with Crippen LogP contribution in [0.1, 0.15) is 13.8 Å². The standard InChI is InChI=1S/C16H18N4OS3/c1-12(2)10-22-15-18-19-16(24-15)23-11-14(21)20(9-8-17)13-6-4-3-5-7-13/h3-7,12H,9-11H2,1-2H3. The van der Waals surface area contributed by atoms with Gasteiger partial charge in [-0.1, -0.05) is 66.9 Å². The normalized spacial score (nSPS) is 10.6. The number of carbonyl (C=O) groups is 1. The number of nitrogens with zero attached hydrogens (tertiary/aromatic N) is 4. The van der Waals surface area contributed by atoms with E-state index < -0.39 is 0 Å². The van der Waals surface area contributed by atoms with E-state index in [1.54, 1.807) is 11.8 Å². The van der Waals surface area contributed by atoms with E-state index >= 15 is 0 Å². The summed E-state index contributed by atoms with van der Waals surface area (Å²) >= 11 is 4.56. The van der Waals surface area contributed by atoms with Crippen LogP contribution < -0.4 is 4.90 Å². The maximum atomic E-state index is 12.4. The van der Waals surface area contributed by atoms with Gasteiger partial charge in [-0.2, -0.15) is 5.26 Å². The SMILES string of the molecule is CC(C)CSc1nnc(SCC(=O)N(CC#N)c2ccccc2)s1. The molecule has 1 amide bonds. The highest BCUT2D eigenvalue weighted by molar-refractivity contribution is 8.03. The van der Waals surface area contributed by atoms with Crippen molar-refractivity contribution in [3.05, 3.63) is 30.3 Å². The molecule has 24 heavy (non-hydrogen) atoms. The number of para-hydroxylation sites is 1. The minimum atomic E-state index is -0.112. The third-order valence-electron chi connectivity index (χ3n) is 2.84. The summed E-state index contributed by atoms with van der Waals surface area (Å²) in [5.41, 5.74) is 0.732. The molecule has 0 spiro atoms. The van der Waals surface area contributed by atoms with E-state index in [4.69, 9.17) is 5.26 Å². The summed E-state index contributed by atoms with van der Waals surface area (Å²) in [7, 11) is 0. The van der Waals surface area contributed by atoms with Crippen molar-refractivity contribution in [3.63, 3.8) is 0 Å². The molecule has 0 fully saturated rings. The number of nitriles is 1. The Hall–Kier alpha value is -1.56. The van der Waals surface area contributed by atoms with E-state index in [0.717, 1.165) is 20.1 Å². The number of benzene rings is 1. The van der Waals surface area contributed by atoms with Crippen molar-refractivity contribution in [3.8, 4) is 6.07 Å². The molecule has 1 aromatic carbocycles. The number of carbonyl (C=O) groups excluding carboxylic acids is 1. The van der Waals surface area contributed by atoms with Crippen LogP contribution in [0.3, 0.4) is 0 Å². The molecule has 8 heteroatoms. The Morgan fingerprint density at radius 1 is 1.25 bits per heavy atom. The molecule has 5 nitrogen and oxygen atoms in total. The van der Waals surface area contributed by atoms with Crippen LogP contribution in [0.15, 0.2) is 39.0 Å². The highest BCUT2D eigenvalue weighted by Crippen LogP contribution is 2.30. The topological polar surface area (TPSA) is 69.9 Å². The number of rotatable bonds is 8. The van der Waals surface area contributed by atoms with Crippen molar-refractivity contribution in [1.29, 1.82) is 5.26 Å². The van der Waals surface area contributed by atoms with Gasteiger partial charge in [0.1, 0.15) is 6.54 Å². The number of thioether (sulfide) groups is 2. The summed E-state index contributed by atoms with van der Waals surface area (Å²) in [6, 6.07) is 11.3. The third kappa shape index (κ3) is 5.82. The molecule has 0 unspecified atom stereocenters. The van der Waals surface area contributed by atoms with Gasteiger partial charge in [-0.3, -0.25) is 9.69 Å². The zero-order chi connectivity index (χ0) is 17.4. The van der Waals surface area contributed by atoms with Gasteiger partial charge >= 0.3 is 0 Å². The van der Waals surface area contributed by atoms with Gasteiger partial charge in [0.05, 0.1) is 11.8 Å². The molecule has 0 aliphatic carbocycles. The molecule has 1 heterocycles. The zero-order valence-electron chi connectivity index (χ0n) is 13.5. The van der Waals surface area contributed by atoms with Crippen molar-refractivity contribution in [2.24, 2.45) is 5.92 Å². The summed E-state index contributed by atoms with van der Waals surface area (Å²) in [6.07, 6.45) is 0. The minimum absolute atomic E-state index is 0.0367. The number of amides is 1. The average Bonchev–Trinajstić information content (AvgIpc) is 3.04. The maximum Gasteiger partial charge on any atom is 0.238 e. The molecule has 0 N–H and O–H groups in total. The molecule has 0 bridgehead atoms. The van der Waals surface area contributed by atoms with Crippen LogP contribution in [0.5, 0.6) is 0 Å². The van der Waals surface area contributed by atoms with Crippen LogP contribution in [-0.4, -0.2) is 34.2 Å².